The van der Waals surface area contributed by atoms with E-state index in [-0.39, 0.29) is 12.6 Å². The predicted octanol–water partition coefficient (Wildman–Crippen LogP) is 1.84. The third kappa shape index (κ3) is 5.15. The number of ether oxygens (including phenoxy) is 4. The summed E-state index contributed by atoms with van der Waals surface area (Å²) < 4.78 is 21.2. The Morgan fingerprint density at radius 3 is 2.90 bits per heavy atom. The number of hydrogen-bond acceptors (Lipinski definition) is 6. The van der Waals surface area contributed by atoms with Gasteiger partial charge in [0.15, 0.2) is 11.5 Å². The molecular weight excluding hydrogens is 274 g/mol. The van der Waals surface area contributed by atoms with E-state index >= 15 is 0 Å². The van der Waals surface area contributed by atoms with Crippen molar-refractivity contribution in [3.05, 3.63) is 18.2 Å². The number of fused-ring (bicyclic) bond motifs is 1. The molecule has 0 saturated heterocycles. The third-order valence-corrected chi connectivity index (χ3v) is 2.85. The topological polar surface area (TPSA) is 66.0 Å². The summed E-state index contributed by atoms with van der Waals surface area (Å²) in [7, 11) is 0. The maximum atomic E-state index is 11.1. The van der Waals surface area contributed by atoms with Crippen LogP contribution in [0.5, 0.6) is 11.5 Å². The number of rotatable bonds is 7. The monoisotopic (exact) mass is 295 g/mol. The van der Waals surface area contributed by atoms with E-state index in [1.807, 2.05) is 18.2 Å². The Morgan fingerprint density at radius 2 is 2.10 bits per heavy atom. The quantitative estimate of drug-likeness (QED) is 0.611. The van der Waals surface area contributed by atoms with Gasteiger partial charge in [0.1, 0.15) is 6.61 Å². The fourth-order valence-corrected chi connectivity index (χ4v) is 1.90. The first-order valence-electron chi connectivity index (χ1n) is 7.16. The van der Waals surface area contributed by atoms with Crippen LogP contribution in [0.3, 0.4) is 0 Å². The van der Waals surface area contributed by atoms with Crippen LogP contribution in [0.4, 0.5) is 5.69 Å². The van der Waals surface area contributed by atoms with Crippen molar-refractivity contribution < 1.29 is 23.7 Å². The summed E-state index contributed by atoms with van der Waals surface area (Å²) in [5.74, 6) is 1.19. The van der Waals surface area contributed by atoms with Crippen molar-refractivity contribution in [2.75, 3.05) is 44.9 Å². The number of benzene rings is 1. The Balaban J connectivity index is 1.71. The maximum absolute atomic E-state index is 11.1. The second kappa shape index (κ2) is 8.36. The fourth-order valence-electron chi connectivity index (χ4n) is 1.90. The largest absolute Gasteiger partial charge is 0.490 e. The summed E-state index contributed by atoms with van der Waals surface area (Å²) in [6.07, 6.45) is 0.888. The molecule has 0 spiro atoms. The molecular formula is C15H21NO5. The molecule has 0 bridgehead atoms. The van der Waals surface area contributed by atoms with E-state index in [9.17, 15) is 4.79 Å². The van der Waals surface area contributed by atoms with Gasteiger partial charge < -0.3 is 24.3 Å². The zero-order valence-electron chi connectivity index (χ0n) is 12.2. The van der Waals surface area contributed by atoms with Gasteiger partial charge in [-0.05, 0) is 19.1 Å². The Bertz CT molecular complexity index is 463. The van der Waals surface area contributed by atoms with Crippen LogP contribution in [0.1, 0.15) is 13.3 Å². The Labute approximate surface area is 124 Å². The molecule has 6 heteroatoms. The lowest BCUT2D eigenvalue weighted by Gasteiger charge is -2.11. The van der Waals surface area contributed by atoms with Crippen LogP contribution in [-0.2, 0) is 14.3 Å². The first kappa shape index (κ1) is 15.4. The lowest BCUT2D eigenvalue weighted by atomic mass is 10.2. The highest BCUT2D eigenvalue weighted by Crippen LogP contribution is 2.32. The highest BCUT2D eigenvalue weighted by Gasteiger charge is 2.10. The molecule has 0 amide bonds. The van der Waals surface area contributed by atoms with E-state index in [2.05, 4.69) is 5.32 Å². The summed E-state index contributed by atoms with van der Waals surface area (Å²) in [5.41, 5.74) is 0.930. The summed E-state index contributed by atoms with van der Waals surface area (Å²) in [4.78, 5) is 11.1. The standard InChI is InChI=1S/C15H21NO5/c1-2-19-15(17)11-18-9-6-16-12-4-5-13-14(10-12)21-8-3-7-20-13/h4-5,10,16H,2-3,6-9,11H2,1H3. The Kier molecular flexibility index (Phi) is 6.15. The first-order chi connectivity index (χ1) is 10.3. The molecule has 0 aromatic heterocycles. The van der Waals surface area contributed by atoms with E-state index in [4.69, 9.17) is 18.9 Å². The number of anilines is 1. The lowest BCUT2D eigenvalue weighted by Crippen LogP contribution is -2.16. The van der Waals surface area contributed by atoms with Gasteiger partial charge in [-0.1, -0.05) is 0 Å². The van der Waals surface area contributed by atoms with Gasteiger partial charge in [-0.15, -0.1) is 0 Å². The van der Waals surface area contributed by atoms with Gasteiger partial charge in [0.25, 0.3) is 0 Å². The molecule has 0 fully saturated rings. The zero-order valence-corrected chi connectivity index (χ0v) is 12.2. The molecule has 0 aliphatic carbocycles. The molecule has 1 heterocycles. The number of carbonyl (C=O) groups is 1. The van der Waals surface area contributed by atoms with Crippen LogP contribution < -0.4 is 14.8 Å². The maximum Gasteiger partial charge on any atom is 0.332 e. The summed E-state index contributed by atoms with van der Waals surface area (Å²) >= 11 is 0. The molecule has 0 radical (unpaired) electrons. The average molecular weight is 295 g/mol. The smallest absolute Gasteiger partial charge is 0.332 e. The minimum absolute atomic E-state index is 0.0172. The SMILES string of the molecule is CCOC(=O)COCCNc1ccc2c(c1)OCCCO2. The van der Waals surface area contributed by atoms with Gasteiger partial charge in [0, 0.05) is 24.7 Å². The minimum Gasteiger partial charge on any atom is -0.490 e. The molecule has 1 aliphatic heterocycles. The third-order valence-electron chi connectivity index (χ3n) is 2.85. The number of esters is 1. The summed E-state index contributed by atoms with van der Waals surface area (Å²) in [6.45, 7) is 4.49. The molecule has 1 aromatic carbocycles. The van der Waals surface area contributed by atoms with Crippen molar-refractivity contribution in [3.63, 3.8) is 0 Å². The van der Waals surface area contributed by atoms with Crippen LogP contribution in [0.15, 0.2) is 18.2 Å². The van der Waals surface area contributed by atoms with Crippen LogP contribution in [0, 0.1) is 0 Å². The van der Waals surface area contributed by atoms with E-state index in [1.165, 1.54) is 0 Å². The number of hydrogen-bond donors (Lipinski definition) is 1. The van der Waals surface area contributed by atoms with Crippen molar-refractivity contribution in [2.45, 2.75) is 13.3 Å². The van der Waals surface area contributed by atoms with Gasteiger partial charge in [-0.2, -0.15) is 0 Å². The van der Waals surface area contributed by atoms with Crippen LogP contribution >= 0.6 is 0 Å². The van der Waals surface area contributed by atoms with Crippen molar-refractivity contribution in [1.82, 2.24) is 0 Å². The van der Waals surface area contributed by atoms with E-state index < -0.39 is 0 Å². The second-order valence-electron chi connectivity index (χ2n) is 4.50. The molecule has 21 heavy (non-hydrogen) atoms. The Hall–Kier alpha value is -1.95. The van der Waals surface area contributed by atoms with Crippen LogP contribution in [0.25, 0.3) is 0 Å². The summed E-state index contributed by atoms with van der Waals surface area (Å²) in [6, 6.07) is 5.73. The second-order valence-corrected chi connectivity index (χ2v) is 4.50. The van der Waals surface area contributed by atoms with Crippen LogP contribution in [-0.4, -0.2) is 45.5 Å². The van der Waals surface area contributed by atoms with Crippen LogP contribution in [0.2, 0.25) is 0 Å². The van der Waals surface area contributed by atoms with Gasteiger partial charge in [0.05, 0.1) is 26.4 Å². The van der Waals surface area contributed by atoms with Gasteiger partial charge in [0.2, 0.25) is 0 Å². The van der Waals surface area contributed by atoms with Crippen molar-refractivity contribution in [3.8, 4) is 11.5 Å². The van der Waals surface area contributed by atoms with Gasteiger partial charge >= 0.3 is 5.97 Å². The highest BCUT2D eigenvalue weighted by atomic mass is 16.6. The zero-order chi connectivity index (χ0) is 14.9. The molecule has 1 aliphatic rings. The van der Waals surface area contributed by atoms with E-state index in [0.29, 0.717) is 33.0 Å². The minimum atomic E-state index is -0.340. The lowest BCUT2D eigenvalue weighted by molar-refractivity contribution is -0.148. The molecule has 0 atom stereocenters. The number of carbonyl (C=O) groups excluding carboxylic acids is 1. The summed E-state index contributed by atoms with van der Waals surface area (Å²) in [5, 5.41) is 3.21. The van der Waals surface area contributed by atoms with Gasteiger partial charge in [-0.25, -0.2) is 4.79 Å². The number of nitrogens with one attached hydrogen (secondary N) is 1. The van der Waals surface area contributed by atoms with E-state index in [1.54, 1.807) is 6.92 Å². The molecule has 1 N–H and O–H groups in total. The molecule has 6 nitrogen and oxygen atoms in total. The molecule has 2 rings (SSSR count). The fraction of sp³-hybridized carbons (Fsp3) is 0.533. The Morgan fingerprint density at radius 1 is 1.29 bits per heavy atom. The first-order valence-corrected chi connectivity index (χ1v) is 7.16. The normalized spacial score (nSPS) is 13.4. The van der Waals surface area contributed by atoms with Crippen molar-refractivity contribution in [2.24, 2.45) is 0 Å². The predicted molar refractivity (Wildman–Crippen MR) is 78.0 cm³/mol. The molecule has 0 unspecified atom stereocenters. The average Bonchev–Trinajstić information content (AvgIpc) is 2.72. The van der Waals surface area contributed by atoms with Crippen molar-refractivity contribution in [1.29, 1.82) is 0 Å². The highest BCUT2D eigenvalue weighted by molar-refractivity contribution is 5.70. The van der Waals surface area contributed by atoms with Crippen molar-refractivity contribution >= 4 is 11.7 Å². The molecule has 1 aromatic rings. The van der Waals surface area contributed by atoms with E-state index in [0.717, 1.165) is 23.6 Å². The molecule has 0 saturated carbocycles. The van der Waals surface area contributed by atoms with Gasteiger partial charge in [-0.3, -0.25) is 0 Å². The molecule has 116 valence electrons.